The fraction of sp³-hybridized carbons (Fsp3) is 0.800. The third-order valence-electron chi connectivity index (χ3n) is 4.68. The monoisotopic (exact) mass is 350 g/mol. The number of carbonyl (C=O) groups is 3. The molecule has 2 unspecified atom stereocenters. The zero-order valence-electron chi connectivity index (χ0n) is 13.6. The lowest BCUT2D eigenvalue weighted by atomic mass is 9.86. The number of rotatable bonds is 4. The summed E-state index contributed by atoms with van der Waals surface area (Å²) in [5.41, 5.74) is -2.91. The maximum absolute atomic E-state index is 13.2. The van der Waals surface area contributed by atoms with Gasteiger partial charge in [-0.2, -0.15) is 13.2 Å². The highest BCUT2D eigenvalue weighted by Gasteiger charge is 2.64. The molecule has 2 aliphatic rings. The average Bonchev–Trinajstić information content (AvgIpc) is 3.02. The molecule has 0 aliphatic carbocycles. The summed E-state index contributed by atoms with van der Waals surface area (Å²) < 4.78 is 39.5. The number of alkyl halides is 3. The number of likely N-dealkylation sites (tertiary alicyclic amines) is 2. The second-order valence-electron chi connectivity index (χ2n) is 6.99. The summed E-state index contributed by atoms with van der Waals surface area (Å²) in [6.07, 6.45) is -5.62. The summed E-state index contributed by atoms with van der Waals surface area (Å²) in [7, 11) is 0. The molecular formula is C15H21F3N2O4. The minimum atomic E-state index is -4.93. The molecule has 0 aromatic heterocycles. The fourth-order valence-corrected chi connectivity index (χ4v) is 3.34. The predicted molar refractivity (Wildman–Crippen MR) is 76.8 cm³/mol. The van der Waals surface area contributed by atoms with Gasteiger partial charge in [-0.15, -0.1) is 0 Å². The molecule has 0 spiro atoms. The Morgan fingerprint density at radius 1 is 1.38 bits per heavy atom. The van der Waals surface area contributed by atoms with Crippen LogP contribution in [-0.2, 0) is 14.4 Å². The predicted octanol–water partition coefficient (Wildman–Crippen LogP) is 1.36. The third-order valence-corrected chi connectivity index (χ3v) is 4.68. The van der Waals surface area contributed by atoms with Crippen molar-refractivity contribution in [2.45, 2.75) is 32.9 Å². The van der Waals surface area contributed by atoms with Crippen molar-refractivity contribution >= 4 is 17.8 Å². The molecule has 6 nitrogen and oxygen atoms in total. The van der Waals surface area contributed by atoms with Gasteiger partial charge in [0.2, 0.25) is 11.8 Å². The molecule has 1 N–H and O–H groups in total. The SMILES string of the molecule is CC(C)CN1CC(C(=O)N2CCC(C(=O)O)(C(F)(F)F)C2)CC1=O. The van der Waals surface area contributed by atoms with E-state index in [4.69, 9.17) is 5.11 Å². The van der Waals surface area contributed by atoms with Crippen LogP contribution in [0.3, 0.4) is 0 Å². The van der Waals surface area contributed by atoms with Gasteiger partial charge >= 0.3 is 12.1 Å². The first-order chi connectivity index (χ1) is 11.0. The maximum Gasteiger partial charge on any atom is 0.406 e. The van der Waals surface area contributed by atoms with Gasteiger partial charge in [-0.25, -0.2) is 0 Å². The fourth-order valence-electron chi connectivity index (χ4n) is 3.34. The van der Waals surface area contributed by atoms with Gasteiger partial charge in [-0.05, 0) is 12.3 Å². The summed E-state index contributed by atoms with van der Waals surface area (Å²) >= 11 is 0. The molecule has 2 amide bonds. The molecule has 0 saturated carbocycles. The summed E-state index contributed by atoms with van der Waals surface area (Å²) in [5.74, 6) is -3.20. The molecule has 2 rings (SSSR count). The molecular weight excluding hydrogens is 329 g/mol. The molecule has 2 saturated heterocycles. The smallest absolute Gasteiger partial charge is 0.406 e. The Kier molecular flexibility index (Phi) is 4.83. The van der Waals surface area contributed by atoms with E-state index in [1.807, 2.05) is 13.8 Å². The Hall–Kier alpha value is -1.80. The quantitative estimate of drug-likeness (QED) is 0.830. The summed E-state index contributed by atoms with van der Waals surface area (Å²) in [4.78, 5) is 38.0. The summed E-state index contributed by atoms with van der Waals surface area (Å²) in [6, 6.07) is 0. The number of hydrogen-bond donors (Lipinski definition) is 1. The molecule has 9 heteroatoms. The van der Waals surface area contributed by atoms with Gasteiger partial charge in [0.25, 0.3) is 0 Å². The van der Waals surface area contributed by atoms with Gasteiger partial charge in [-0.3, -0.25) is 14.4 Å². The van der Waals surface area contributed by atoms with E-state index < -0.39 is 42.4 Å². The molecule has 0 radical (unpaired) electrons. The normalized spacial score (nSPS) is 28.1. The number of hydrogen-bond acceptors (Lipinski definition) is 3. The number of nitrogens with zero attached hydrogens (tertiary/aromatic N) is 2. The van der Waals surface area contributed by atoms with E-state index >= 15 is 0 Å². The minimum absolute atomic E-state index is 0.0336. The standard InChI is InChI=1S/C15H21F3N2O4/c1-9(2)6-20-7-10(5-11(20)21)12(22)19-4-3-14(8-19,13(23)24)15(16,17)18/h9-10H,3-8H2,1-2H3,(H,23,24). The van der Waals surface area contributed by atoms with E-state index in [1.54, 1.807) is 0 Å². The van der Waals surface area contributed by atoms with Crippen molar-refractivity contribution in [1.82, 2.24) is 9.80 Å². The van der Waals surface area contributed by atoms with Gasteiger partial charge < -0.3 is 14.9 Å². The van der Waals surface area contributed by atoms with Crippen molar-refractivity contribution < 1.29 is 32.7 Å². The molecule has 2 atom stereocenters. The van der Waals surface area contributed by atoms with Gasteiger partial charge in [0.15, 0.2) is 5.41 Å². The van der Waals surface area contributed by atoms with Crippen molar-refractivity contribution in [2.24, 2.45) is 17.3 Å². The molecule has 2 heterocycles. The lowest BCUT2D eigenvalue weighted by molar-refractivity contribution is -0.227. The third kappa shape index (κ3) is 3.21. The lowest BCUT2D eigenvalue weighted by Crippen LogP contribution is -2.48. The first-order valence-corrected chi connectivity index (χ1v) is 7.84. The molecule has 136 valence electrons. The minimum Gasteiger partial charge on any atom is -0.481 e. The van der Waals surface area contributed by atoms with Crippen LogP contribution < -0.4 is 0 Å². The maximum atomic E-state index is 13.2. The van der Waals surface area contributed by atoms with E-state index in [0.717, 1.165) is 4.90 Å². The molecule has 2 fully saturated rings. The number of aliphatic carboxylic acids is 1. The molecule has 2 aliphatic heterocycles. The highest BCUT2D eigenvalue weighted by Crippen LogP contribution is 2.46. The Morgan fingerprint density at radius 2 is 2.00 bits per heavy atom. The van der Waals surface area contributed by atoms with Crippen LogP contribution in [0.25, 0.3) is 0 Å². The van der Waals surface area contributed by atoms with Gasteiger partial charge in [0.05, 0.1) is 5.92 Å². The largest absolute Gasteiger partial charge is 0.481 e. The molecule has 24 heavy (non-hydrogen) atoms. The molecule has 0 aromatic carbocycles. The Bertz CT molecular complexity index is 549. The van der Waals surface area contributed by atoms with Crippen LogP contribution in [0, 0.1) is 17.3 Å². The van der Waals surface area contributed by atoms with E-state index in [-0.39, 0.29) is 31.3 Å². The van der Waals surface area contributed by atoms with Crippen LogP contribution >= 0.6 is 0 Å². The Balaban J connectivity index is 2.07. The number of amides is 2. The van der Waals surface area contributed by atoms with E-state index in [0.29, 0.717) is 6.54 Å². The van der Waals surface area contributed by atoms with E-state index in [2.05, 4.69) is 0 Å². The number of halogens is 3. The van der Waals surface area contributed by atoms with Crippen molar-refractivity contribution in [3.63, 3.8) is 0 Å². The first-order valence-electron chi connectivity index (χ1n) is 7.84. The lowest BCUT2D eigenvalue weighted by Gasteiger charge is -2.28. The second kappa shape index (κ2) is 6.25. The van der Waals surface area contributed by atoms with Crippen molar-refractivity contribution in [1.29, 1.82) is 0 Å². The Morgan fingerprint density at radius 3 is 2.46 bits per heavy atom. The number of carboxylic acid groups (broad SMARTS) is 1. The number of carboxylic acids is 1. The second-order valence-corrected chi connectivity index (χ2v) is 6.99. The van der Waals surface area contributed by atoms with Crippen LogP contribution in [0.4, 0.5) is 13.2 Å². The zero-order chi connectivity index (χ0) is 18.3. The van der Waals surface area contributed by atoms with Crippen LogP contribution in [0.1, 0.15) is 26.7 Å². The summed E-state index contributed by atoms with van der Waals surface area (Å²) in [5, 5.41) is 9.03. The number of carbonyl (C=O) groups excluding carboxylic acids is 2. The zero-order valence-corrected chi connectivity index (χ0v) is 13.6. The van der Waals surface area contributed by atoms with Gasteiger partial charge in [0, 0.05) is 32.6 Å². The highest BCUT2D eigenvalue weighted by atomic mass is 19.4. The first kappa shape index (κ1) is 18.5. The van der Waals surface area contributed by atoms with Crippen LogP contribution in [-0.4, -0.2) is 65.0 Å². The van der Waals surface area contributed by atoms with Crippen LogP contribution in [0.2, 0.25) is 0 Å². The van der Waals surface area contributed by atoms with Crippen LogP contribution in [0.15, 0.2) is 0 Å². The average molecular weight is 350 g/mol. The van der Waals surface area contributed by atoms with Crippen molar-refractivity contribution in [3.05, 3.63) is 0 Å². The summed E-state index contributed by atoms with van der Waals surface area (Å²) in [6.45, 7) is 3.36. The van der Waals surface area contributed by atoms with E-state index in [1.165, 1.54) is 4.90 Å². The topological polar surface area (TPSA) is 77.9 Å². The van der Waals surface area contributed by atoms with Crippen molar-refractivity contribution in [2.75, 3.05) is 26.2 Å². The van der Waals surface area contributed by atoms with Crippen molar-refractivity contribution in [3.8, 4) is 0 Å². The van der Waals surface area contributed by atoms with Crippen LogP contribution in [0.5, 0.6) is 0 Å². The van der Waals surface area contributed by atoms with Gasteiger partial charge in [-0.1, -0.05) is 13.8 Å². The van der Waals surface area contributed by atoms with Gasteiger partial charge in [0.1, 0.15) is 0 Å². The van der Waals surface area contributed by atoms with E-state index in [9.17, 15) is 27.6 Å². The molecule has 0 bridgehead atoms. The highest BCUT2D eigenvalue weighted by molar-refractivity contribution is 5.90. The molecule has 0 aromatic rings. The Labute approximate surface area is 137 Å².